The molecule has 4 rings (SSSR count). The van der Waals surface area contributed by atoms with Crippen molar-refractivity contribution in [2.45, 2.75) is 39.2 Å². The lowest BCUT2D eigenvalue weighted by Crippen LogP contribution is -2.11. The van der Waals surface area contributed by atoms with Gasteiger partial charge >= 0.3 is 0 Å². The van der Waals surface area contributed by atoms with E-state index in [9.17, 15) is 4.79 Å². The predicted octanol–water partition coefficient (Wildman–Crippen LogP) is 4.38. The van der Waals surface area contributed by atoms with Crippen LogP contribution in [0.15, 0.2) is 29.6 Å². The molecular formula is C18H19N3OS. The second-order valence-electron chi connectivity index (χ2n) is 6.08. The number of rotatable bonds is 2. The average Bonchev–Trinajstić information content (AvgIpc) is 3.03. The summed E-state index contributed by atoms with van der Waals surface area (Å²) in [5, 5.41) is 4.94. The maximum atomic E-state index is 12.3. The average molecular weight is 325 g/mol. The molecule has 0 bridgehead atoms. The van der Waals surface area contributed by atoms with Gasteiger partial charge in [0.25, 0.3) is 5.91 Å². The second-order valence-corrected chi connectivity index (χ2v) is 7.00. The van der Waals surface area contributed by atoms with Crippen molar-refractivity contribution in [1.82, 2.24) is 9.55 Å². The van der Waals surface area contributed by atoms with Gasteiger partial charge in [0.05, 0.1) is 15.9 Å². The van der Waals surface area contributed by atoms with Crippen LogP contribution in [-0.4, -0.2) is 15.5 Å². The van der Waals surface area contributed by atoms with Gasteiger partial charge in [0.1, 0.15) is 5.82 Å². The zero-order chi connectivity index (χ0) is 15.8. The van der Waals surface area contributed by atoms with E-state index in [4.69, 9.17) is 4.98 Å². The summed E-state index contributed by atoms with van der Waals surface area (Å²) in [5.41, 5.74) is 3.97. The summed E-state index contributed by atoms with van der Waals surface area (Å²) in [6.07, 6.45) is 4.75. The number of anilines is 1. The van der Waals surface area contributed by atoms with Gasteiger partial charge in [-0.2, -0.15) is 0 Å². The zero-order valence-electron chi connectivity index (χ0n) is 13.1. The molecule has 0 saturated heterocycles. The molecule has 0 saturated carbocycles. The lowest BCUT2D eigenvalue weighted by atomic mass is 10.2. The molecular weight excluding hydrogens is 306 g/mol. The van der Waals surface area contributed by atoms with Gasteiger partial charge in [-0.25, -0.2) is 4.98 Å². The summed E-state index contributed by atoms with van der Waals surface area (Å²) in [7, 11) is 0. The molecule has 4 nitrogen and oxygen atoms in total. The molecule has 3 heterocycles. The molecule has 23 heavy (non-hydrogen) atoms. The standard InChI is InChI=1S/C18H19N3OS/c1-12-8-10-23-17(12)18(22)19-13-6-7-15-14(11-13)20-16-5-3-2-4-9-21(15)16/h6-8,10-11H,2-5,9H2,1H3,(H,19,22). The lowest BCUT2D eigenvalue weighted by molar-refractivity contribution is 0.103. The highest BCUT2D eigenvalue weighted by molar-refractivity contribution is 7.12. The molecule has 3 aromatic rings. The van der Waals surface area contributed by atoms with Crippen molar-refractivity contribution < 1.29 is 4.79 Å². The van der Waals surface area contributed by atoms with Crippen LogP contribution in [0, 0.1) is 6.92 Å². The normalized spacial score (nSPS) is 14.5. The summed E-state index contributed by atoms with van der Waals surface area (Å²) in [6, 6.07) is 8.00. The van der Waals surface area contributed by atoms with Gasteiger partial charge in [0.2, 0.25) is 0 Å². The summed E-state index contributed by atoms with van der Waals surface area (Å²) < 4.78 is 2.33. The molecule has 1 aliphatic heterocycles. The smallest absolute Gasteiger partial charge is 0.265 e. The SMILES string of the molecule is Cc1ccsc1C(=O)Nc1ccc2c(c1)nc1n2CCCCC1. The highest BCUT2D eigenvalue weighted by atomic mass is 32.1. The minimum Gasteiger partial charge on any atom is -0.328 e. The van der Waals surface area contributed by atoms with E-state index in [1.807, 2.05) is 30.5 Å². The predicted molar refractivity (Wildman–Crippen MR) is 94.3 cm³/mol. The van der Waals surface area contributed by atoms with Crippen LogP contribution in [0.5, 0.6) is 0 Å². The molecule has 0 atom stereocenters. The van der Waals surface area contributed by atoms with Crippen LogP contribution < -0.4 is 5.32 Å². The number of carbonyl (C=O) groups excluding carboxylic acids is 1. The van der Waals surface area contributed by atoms with Crippen molar-refractivity contribution in [2.24, 2.45) is 0 Å². The first-order chi connectivity index (χ1) is 11.2. The van der Waals surface area contributed by atoms with E-state index in [2.05, 4.69) is 16.0 Å². The van der Waals surface area contributed by atoms with Gasteiger partial charge in [-0.15, -0.1) is 11.3 Å². The fourth-order valence-electron chi connectivity index (χ4n) is 3.22. The summed E-state index contributed by atoms with van der Waals surface area (Å²) in [4.78, 5) is 17.9. The first-order valence-corrected chi connectivity index (χ1v) is 8.95. The fraction of sp³-hybridized carbons (Fsp3) is 0.333. The van der Waals surface area contributed by atoms with Crippen molar-refractivity contribution in [2.75, 3.05) is 5.32 Å². The van der Waals surface area contributed by atoms with E-state index in [0.29, 0.717) is 0 Å². The van der Waals surface area contributed by atoms with Crippen molar-refractivity contribution in [3.05, 3.63) is 45.9 Å². The van der Waals surface area contributed by atoms with Crippen LogP contribution in [-0.2, 0) is 13.0 Å². The van der Waals surface area contributed by atoms with E-state index in [1.54, 1.807) is 0 Å². The van der Waals surface area contributed by atoms with E-state index < -0.39 is 0 Å². The van der Waals surface area contributed by atoms with Gasteiger partial charge in [0.15, 0.2) is 0 Å². The minimum absolute atomic E-state index is 0.0439. The monoisotopic (exact) mass is 325 g/mol. The Hall–Kier alpha value is -2.14. The van der Waals surface area contributed by atoms with Gasteiger partial charge < -0.3 is 9.88 Å². The van der Waals surface area contributed by atoms with Crippen LogP contribution in [0.3, 0.4) is 0 Å². The molecule has 5 heteroatoms. The Labute approximate surface area is 139 Å². The molecule has 118 valence electrons. The third-order valence-corrected chi connectivity index (χ3v) is 5.45. The third kappa shape index (κ3) is 2.65. The molecule has 0 spiro atoms. The number of benzene rings is 1. The van der Waals surface area contributed by atoms with E-state index in [-0.39, 0.29) is 5.91 Å². The van der Waals surface area contributed by atoms with Crippen LogP contribution in [0.1, 0.15) is 40.3 Å². The zero-order valence-corrected chi connectivity index (χ0v) is 13.9. The number of hydrogen-bond donors (Lipinski definition) is 1. The van der Waals surface area contributed by atoms with Gasteiger partial charge in [-0.3, -0.25) is 4.79 Å². The molecule has 1 aliphatic rings. The highest BCUT2D eigenvalue weighted by Gasteiger charge is 2.15. The number of nitrogens with zero attached hydrogens (tertiary/aromatic N) is 2. The summed E-state index contributed by atoms with van der Waals surface area (Å²) >= 11 is 1.47. The summed E-state index contributed by atoms with van der Waals surface area (Å²) in [6.45, 7) is 3.01. The fourth-order valence-corrected chi connectivity index (χ4v) is 4.04. The molecule has 1 amide bonds. The van der Waals surface area contributed by atoms with Crippen molar-refractivity contribution in [1.29, 1.82) is 0 Å². The number of carbonyl (C=O) groups is 1. The first-order valence-electron chi connectivity index (χ1n) is 8.07. The number of amides is 1. The number of aryl methyl sites for hydroxylation is 3. The summed E-state index contributed by atoms with van der Waals surface area (Å²) in [5.74, 6) is 1.13. The molecule has 0 aliphatic carbocycles. The van der Waals surface area contributed by atoms with Crippen LogP contribution >= 0.6 is 11.3 Å². The largest absolute Gasteiger partial charge is 0.328 e. The Bertz CT molecular complexity index is 878. The Morgan fingerprint density at radius 2 is 2.17 bits per heavy atom. The van der Waals surface area contributed by atoms with Gasteiger partial charge in [-0.05, 0) is 55.0 Å². The number of thiophene rings is 1. The Kier molecular flexibility index (Phi) is 3.65. The number of hydrogen-bond acceptors (Lipinski definition) is 3. The third-order valence-electron chi connectivity index (χ3n) is 4.44. The highest BCUT2D eigenvalue weighted by Crippen LogP contribution is 2.25. The number of imidazole rings is 1. The van der Waals surface area contributed by atoms with Crippen LogP contribution in [0.2, 0.25) is 0 Å². The molecule has 0 unspecified atom stereocenters. The molecule has 0 fully saturated rings. The molecule has 0 radical (unpaired) electrons. The minimum atomic E-state index is -0.0439. The van der Waals surface area contributed by atoms with E-state index in [1.165, 1.54) is 41.9 Å². The molecule has 1 aromatic carbocycles. The Balaban J connectivity index is 1.64. The maximum absolute atomic E-state index is 12.3. The van der Waals surface area contributed by atoms with Crippen molar-refractivity contribution >= 4 is 34.0 Å². The Morgan fingerprint density at radius 3 is 3.00 bits per heavy atom. The van der Waals surface area contributed by atoms with Crippen LogP contribution in [0.25, 0.3) is 11.0 Å². The lowest BCUT2D eigenvalue weighted by Gasteiger charge is -2.06. The Morgan fingerprint density at radius 1 is 1.26 bits per heavy atom. The van der Waals surface area contributed by atoms with Crippen molar-refractivity contribution in [3.63, 3.8) is 0 Å². The quantitative estimate of drug-likeness (QED) is 0.760. The molecule has 1 N–H and O–H groups in total. The number of nitrogens with one attached hydrogen (secondary N) is 1. The van der Waals surface area contributed by atoms with Gasteiger partial charge in [-0.1, -0.05) is 6.42 Å². The number of aromatic nitrogens is 2. The van der Waals surface area contributed by atoms with E-state index in [0.717, 1.165) is 34.6 Å². The molecule has 2 aromatic heterocycles. The first kappa shape index (κ1) is 14.5. The van der Waals surface area contributed by atoms with Crippen LogP contribution in [0.4, 0.5) is 5.69 Å². The van der Waals surface area contributed by atoms with Crippen molar-refractivity contribution in [3.8, 4) is 0 Å². The topological polar surface area (TPSA) is 46.9 Å². The second kappa shape index (κ2) is 5.81. The van der Waals surface area contributed by atoms with E-state index >= 15 is 0 Å². The maximum Gasteiger partial charge on any atom is 0.265 e. The van der Waals surface area contributed by atoms with Gasteiger partial charge in [0, 0.05) is 18.7 Å². The number of fused-ring (bicyclic) bond motifs is 3.